The summed E-state index contributed by atoms with van der Waals surface area (Å²) >= 11 is 1.27. The molecule has 0 atom stereocenters. The van der Waals surface area contributed by atoms with E-state index in [-0.39, 0.29) is 11.6 Å². The Morgan fingerprint density at radius 2 is 1.65 bits per heavy atom. The second kappa shape index (κ2) is 12.6. The predicted molar refractivity (Wildman–Crippen MR) is 147 cm³/mol. The van der Waals surface area contributed by atoms with E-state index in [0.717, 1.165) is 22.4 Å². The molecule has 0 fully saturated rings. The number of amides is 1. The first-order chi connectivity index (χ1) is 18.1. The third kappa shape index (κ3) is 6.89. The van der Waals surface area contributed by atoms with Crippen LogP contribution in [0.4, 0.5) is 5.69 Å². The number of nitrogens with one attached hydrogen (secondary N) is 2. The van der Waals surface area contributed by atoms with Crippen molar-refractivity contribution in [2.24, 2.45) is 4.99 Å². The van der Waals surface area contributed by atoms with Gasteiger partial charge in [0.25, 0.3) is 5.91 Å². The number of hydrogen-bond donors (Lipinski definition) is 2. The lowest BCUT2D eigenvalue weighted by Crippen LogP contribution is -2.28. The van der Waals surface area contributed by atoms with Crippen LogP contribution in [0.25, 0.3) is 0 Å². The van der Waals surface area contributed by atoms with Crippen molar-refractivity contribution >= 4 is 34.5 Å². The van der Waals surface area contributed by atoms with Crippen molar-refractivity contribution in [1.82, 2.24) is 10.3 Å². The van der Waals surface area contributed by atoms with Crippen LogP contribution < -0.4 is 10.1 Å². The van der Waals surface area contributed by atoms with Crippen molar-refractivity contribution in [2.45, 2.75) is 13.0 Å². The molecule has 0 radical (unpaired) electrons. The summed E-state index contributed by atoms with van der Waals surface area (Å²) < 4.78 is 10.9. The van der Waals surface area contributed by atoms with E-state index in [9.17, 15) is 9.59 Å². The van der Waals surface area contributed by atoms with Crippen LogP contribution in [-0.4, -0.2) is 35.4 Å². The standard InChI is InChI=1S/C29H27N3O4S/c1-35-28(34)26-25(31-29(37-2)32-27(33)22-13-7-4-8-14-22)23(18-30-26)16-21-12-9-15-24(17-21)36-19-20-10-5-3-6-11-20/h3-15,17-18,30H,16,19H2,1-2H3,(H,31,32,33). The average molecular weight is 514 g/mol. The first-order valence-electron chi connectivity index (χ1n) is 11.6. The van der Waals surface area contributed by atoms with Gasteiger partial charge in [-0.05, 0) is 41.6 Å². The maximum Gasteiger partial charge on any atom is 0.356 e. The summed E-state index contributed by atoms with van der Waals surface area (Å²) in [5.74, 6) is -0.0801. The van der Waals surface area contributed by atoms with Crippen molar-refractivity contribution in [3.8, 4) is 5.75 Å². The number of ether oxygens (including phenoxy) is 2. The molecule has 7 nitrogen and oxygen atoms in total. The Labute approximate surface area is 219 Å². The molecule has 0 spiro atoms. The number of esters is 1. The number of thioether (sulfide) groups is 1. The second-order valence-corrected chi connectivity index (χ2v) is 8.86. The number of aromatic nitrogens is 1. The van der Waals surface area contributed by atoms with Gasteiger partial charge in [0, 0.05) is 23.7 Å². The van der Waals surface area contributed by atoms with E-state index < -0.39 is 5.97 Å². The largest absolute Gasteiger partial charge is 0.489 e. The van der Waals surface area contributed by atoms with E-state index in [1.165, 1.54) is 18.9 Å². The molecule has 37 heavy (non-hydrogen) atoms. The molecule has 0 unspecified atom stereocenters. The second-order valence-electron chi connectivity index (χ2n) is 8.07. The summed E-state index contributed by atoms with van der Waals surface area (Å²) in [7, 11) is 1.32. The molecule has 8 heteroatoms. The van der Waals surface area contributed by atoms with Gasteiger partial charge in [-0.25, -0.2) is 9.79 Å². The Morgan fingerprint density at radius 3 is 2.35 bits per heavy atom. The first kappa shape index (κ1) is 25.8. The van der Waals surface area contributed by atoms with Gasteiger partial charge in [0.15, 0.2) is 10.9 Å². The molecular weight excluding hydrogens is 486 g/mol. The number of aliphatic imine (C=N–C) groups is 1. The highest BCUT2D eigenvalue weighted by Crippen LogP contribution is 2.29. The average Bonchev–Trinajstić information content (AvgIpc) is 3.33. The van der Waals surface area contributed by atoms with Gasteiger partial charge in [0.1, 0.15) is 18.0 Å². The lowest BCUT2D eigenvalue weighted by molar-refractivity contribution is 0.0595. The van der Waals surface area contributed by atoms with E-state index in [1.807, 2.05) is 66.9 Å². The Hall–Kier alpha value is -4.30. The zero-order chi connectivity index (χ0) is 26.0. The van der Waals surface area contributed by atoms with Gasteiger partial charge >= 0.3 is 5.97 Å². The fourth-order valence-electron chi connectivity index (χ4n) is 3.67. The fraction of sp³-hybridized carbons (Fsp3) is 0.138. The third-order valence-electron chi connectivity index (χ3n) is 5.53. The molecule has 0 aliphatic heterocycles. The quantitative estimate of drug-likeness (QED) is 0.178. The van der Waals surface area contributed by atoms with Gasteiger partial charge < -0.3 is 19.8 Å². The summed E-state index contributed by atoms with van der Waals surface area (Å²) in [4.78, 5) is 32.8. The fourth-order valence-corrected chi connectivity index (χ4v) is 4.05. The first-order valence-corrected chi connectivity index (χ1v) is 12.8. The SMILES string of the molecule is COC(=O)c1[nH]cc(Cc2cccc(OCc3ccccc3)c2)c1N=C(NC(=O)c1ccccc1)SC. The molecule has 188 valence electrons. The van der Waals surface area contributed by atoms with Crippen molar-refractivity contribution in [2.75, 3.05) is 13.4 Å². The van der Waals surface area contributed by atoms with E-state index in [2.05, 4.69) is 15.3 Å². The molecule has 1 heterocycles. The van der Waals surface area contributed by atoms with Gasteiger partial charge in [0.2, 0.25) is 0 Å². The smallest absolute Gasteiger partial charge is 0.356 e. The molecule has 3 aromatic carbocycles. The number of hydrogen-bond acceptors (Lipinski definition) is 6. The van der Waals surface area contributed by atoms with Crippen LogP contribution in [0.5, 0.6) is 5.75 Å². The number of benzene rings is 3. The van der Waals surface area contributed by atoms with Crippen molar-refractivity contribution in [3.63, 3.8) is 0 Å². The van der Waals surface area contributed by atoms with Gasteiger partial charge in [-0.3, -0.25) is 4.79 Å². The van der Waals surface area contributed by atoms with Crippen LogP contribution in [0.2, 0.25) is 0 Å². The van der Waals surface area contributed by atoms with Gasteiger partial charge in [-0.1, -0.05) is 72.4 Å². The molecule has 0 saturated heterocycles. The summed E-state index contributed by atoms with van der Waals surface area (Å²) in [6.07, 6.45) is 4.03. The Bertz CT molecular complexity index is 1380. The molecule has 4 aromatic rings. The van der Waals surface area contributed by atoms with Crippen LogP contribution in [0.3, 0.4) is 0 Å². The van der Waals surface area contributed by atoms with E-state index in [1.54, 1.807) is 30.5 Å². The minimum atomic E-state index is -0.542. The van der Waals surface area contributed by atoms with E-state index in [4.69, 9.17) is 9.47 Å². The molecule has 0 aliphatic carbocycles. The van der Waals surface area contributed by atoms with Crippen molar-refractivity contribution in [3.05, 3.63) is 119 Å². The summed E-state index contributed by atoms with van der Waals surface area (Å²) in [5, 5.41) is 3.19. The number of nitrogens with zero attached hydrogens (tertiary/aromatic N) is 1. The van der Waals surface area contributed by atoms with Crippen LogP contribution in [0, 0.1) is 0 Å². The van der Waals surface area contributed by atoms with Gasteiger partial charge in [-0.2, -0.15) is 0 Å². The molecule has 1 amide bonds. The van der Waals surface area contributed by atoms with Gasteiger partial charge in [0.05, 0.1) is 7.11 Å². The number of H-pyrrole nitrogens is 1. The summed E-state index contributed by atoms with van der Waals surface area (Å²) in [6.45, 7) is 0.467. The Kier molecular flexibility index (Phi) is 8.78. The Balaban J connectivity index is 1.57. The summed E-state index contributed by atoms with van der Waals surface area (Å²) in [6, 6.07) is 26.6. The van der Waals surface area contributed by atoms with E-state index in [0.29, 0.717) is 29.4 Å². The zero-order valence-electron chi connectivity index (χ0n) is 20.6. The number of carbonyl (C=O) groups excluding carboxylic acids is 2. The highest BCUT2D eigenvalue weighted by Gasteiger charge is 2.20. The maximum atomic E-state index is 12.7. The summed E-state index contributed by atoms with van der Waals surface area (Å²) in [5.41, 5.74) is 3.99. The molecule has 0 aliphatic rings. The molecule has 0 bridgehead atoms. The predicted octanol–water partition coefficient (Wildman–Crippen LogP) is 5.75. The minimum absolute atomic E-state index is 0.217. The van der Waals surface area contributed by atoms with Crippen LogP contribution in [-0.2, 0) is 17.8 Å². The van der Waals surface area contributed by atoms with Crippen LogP contribution in [0.1, 0.15) is 37.5 Å². The number of amidine groups is 1. The number of methoxy groups -OCH3 is 1. The lowest BCUT2D eigenvalue weighted by atomic mass is 10.1. The highest BCUT2D eigenvalue weighted by molar-refractivity contribution is 8.13. The number of aromatic amines is 1. The zero-order valence-corrected chi connectivity index (χ0v) is 21.4. The Morgan fingerprint density at radius 1 is 0.946 bits per heavy atom. The van der Waals surface area contributed by atoms with Crippen LogP contribution >= 0.6 is 11.8 Å². The molecule has 1 aromatic heterocycles. The monoisotopic (exact) mass is 513 g/mol. The highest BCUT2D eigenvalue weighted by atomic mass is 32.2. The lowest BCUT2D eigenvalue weighted by Gasteiger charge is -2.10. The minimum Gasteiger partial charge on any atom is -0.489 e. The topological polar surface area (TPSA) is 92.8 Å². The van der Waals surface area contributed by atoms with E-state index >= 15 is 0 Å². The number of carbonyl (C=O) groups is 2. The van der Waals surface area contributed by atoms with Crippen molar-refractivity contribution < 1.29 is 19.1 Å². The van der Waals surface area contributed by atoms with Crippen molar-refractivity contribution in [1.29, 1.82) is 0 Å². The number of rotatable bonds is 8. The maximum absolute atomic E-state index is 12.7. The normalized spacial score (nSPS) is 11.1. The third-order valence-corrected chi connectivity index (χ3v) is 6.11. The molecule has 4 rings (SSSR count). The molecule has 2 N–H and O–H groups in total. The molecular formula is C29H27N3O4S. The van der Waals surface area contributed by atoms with Gasteiger partial charge in [-0.15, -0.1) is 0 Å². The van der Waals surface area contributed by atoms with Crippen LogP contribution in [0.15, 0.2) is 96.1 Å². The molecule has 0 saturated carbocycles.